The van der Waals surface area contributed by atoms with Crippen molar-refractivity contribution in [1.29, 1.82) is 0 Å². The summed E-state index contributed by atoms with van der Waals surface area (Å²) in [5, 5.41) is 7.42. The van der Waals surface area contributed by atoms with Gasteiger partial charge in [-0.25, -0.2) is 0 Å². The van der Waals surface area contributed by atoms with Crippen molar-refractivity contribution < 1.29 is 4.42 Å². The van der Waals surface area contributed by atoms with Gasteiger partial charge in [-0.3, -0.25) is 0 Å². The molecule has 3 heteroatoms. The van der Waals surface area contributed by atoms with E-state index in [0.29, 0.717) is 0 Å². The van der Waals surface area contributed by atoms with Gasteiger partial charge in [0.1, 0.15) is 11.2 Å². The first-order chi connectivity index (χ1) is 19.3. The Morgan fingerprint density at radius 3 is 1.92 bits per heavy atom. The standard InChI is InChI=1S/C36H21NOS/c1-4-16-31-23(9-1)24-10-2-5-17-32(24)37(31)22-19-20-25-27-12-7-13-28(35(27)38-33(25)21-22)30-15-8-14-29-26-11-3-6-18-34(26)39-36(29)30/h1-21H. The second-order valence-corrected chi connectivity index (χ2v) is 11.2. The highest BCUT2D eigenvalue weighted by molar-refractivity contribution is 7.26. The lowest BCUT2D eigenvalue weighted by molar-refractivity contribution is 0.670. The molecule has 0 spiro atoms. The van der Waals surface area contributed by atoms with E-state index >= 15 is 0 Å². The second-order valence-electron chi connectivity index (χ2n) is 10.1. The van der Waals surface area contributed by atoms with Gasteiger partial charge in [-0.15, -0.1) is 11.3 Å². The Morgan fingerprint density at radius 2 is 1.13 bits per heavy atom. The number of fused-ring (bicyclic) bond motifs is 9. The fourth-order valence-electron chi connectivity index (χ4n) is 6.30. The molecule has 0 aliphatic heterocycles. The van der Waals surface area contributed by atoms with Crippen molar-refractivity contribution in [1.82, 2.24) is 4.57 Å². The van der Waals surface area contributed by atoms with Crippen molar-refractivity contribution in [3.63, 3.8) is 0 Å². The molecule has 6 aromatic carbocycles. The molecule has 0 atom stereocenters. The molecule has 2 nitrogen and oxygen atoms in total. The maximum Gasteiger partial charge on any atom is 0.143 e. The number of nitrogens with zero attached hydrogens (tertiary/aromatic N) is 1. The Kier molecular flexibility index (Phi) is 4.24. The van der Waals surface area contributed by atoms with Gasteiger partial charge in [-0.05, 0) is 30.3 Å². The van der Waals surface area contributed by atoms with E-state index in [2.05, 4.69) is 132 Å². The van der Waals surface area contributed by atoms with Crippen LogP contribution in [0.1, 0.15) is 0 Å². The third-order valence-electron chi connectivity index (χ3n) is 8.02. The van der Waals surface area contributed by atoms with E-state index in [1.807, 2.05) is 11.3 Å². The summed E-state index contributed by atoms with van der Waals surface area (Å²) < 4.78 is 11.7. The van der Waals surface area contributed by atoms with E-state index in [4.69, 9.17) is 4.42 Å². The quantitative estimate of drug-likeness (QED) is 0.224. The molecule has 3 aromatic heterocycles. The van der Waals surface area contributed by atoms with Crippen LogP contribution in [0, 0.1) is 0 Å². The minimum absolute atomic E-state index is 0.903. The average molecular weight is 516 g/mol. The zero-order valence-corrected chi connectivity index (χ0v) is 21.7. The van der Waals surface area contributed by atoms with Crippen LogP contribution in [0.4, 0.5) is 0 Å². The largest absolute Gasteiger partial charge is 0.455 e. The minimum atomic E-state index is 0.903. The zero-order chi connectivity index (χ0) is 25.5. The molecule has 9 aromatic rings. The van der Waals surface area contributed by atoms with Gasteiger partial charge in [0.25, 0.3) is 0 Å². The van der Waals surface area contributed by atoms with E-state index in [9.17, 15) is 0 Å². The molecule has 0 saturated carbocycles. The molecule has 0 aliphatic rings. The molecular weight excluding hydrogens is 494 g/mol. The van der Waals surface area contributed by atoms with Gasteiger partial charge in [0, 0.05) is 64.6 Å². The summed E-state index contributed by atoms with van der Waals surface area (Å²) in [6.07, 6.45) is 0. The number of aromatic nitrogens is 1. The first-order valence-corrected chi connectivity index (χ1v) is 14.0. The monoisotopic (exact) mass is 515 g/mol. The maximum absolute atomic E-state index is 6.72. The Labute approximate surface area is 227 Å². The van der Waals surface area contributed by atoms with E-state index in [1.165, 1.54) is 47.5 Å². The molecule has 39 heavy (non-hydrogen) atoms. The molecule has 0 amide bonds. The Morgan fingerprint density at radius 1 is 0.487 bits per heavy atom. The Hall–Kier alpha value is -4.86. The normalized spacial score (nSPS) is 12.1. The van der Waals surface area contributed by atoms with Crippen LogP contribution < -0.4 is 0 Å². The van der Waals surface area contributed by atoms with Crippen LogP contribution in [0.5, 0.6) is 0 Å². The predicted molar refractivity (Wildman–Crippen MR) is 166 cm³/mol. The molecule has 0 unspecified atom stereocenters. The SMILES string of the molecule is c1ccc2c(c1)sc1c(-c3cccc4c3oc3cc(-n5c6ccccc6c6ccccc65)ccc34)cccc12. The lowest BCUT2D eigenvalue weighted by Gasteiger charge is -2.07. The van der Waals surface area contributed by atoms with Crippen molar-refractivity contribution in [3.8, 4) is 16.8 Å². The van der Waals surface area contributed by atoms with E-state index in [0.717, 1.165) is 33.2 Å². The highest BCUT2D eigenvalue weighted by Crippen LogP contribution is 2.43. The van der Waals surface area contributed by atoms with Crippen molar-refractivity contribution in [2.45, 2.75) is 0 Å². The van der Waals surface area contributed by atoms with Crippen LogP contribution in [0.2, 0.25) is 0 Å². The summed E-state index contributed by atoms with van der Waals surface area (Å²) in [6, 6.07) is 45.7. The van der Waals surface area contributed by atoms with Gasteiger partial charge in [-0.2, -0.15) is 0 Å². The van der Waals surface area contributed by atoms with Crippen LogP contribution in [0.3, 0.4) is 0 Å². The molecule has 0 saturated heterocycles. The van der Waals surface area contributed by atoms with Gasteiger partial charge in [0.15, 0.2) is 0 Å². The average Bonchev–Trinajstić information content (AvgIpc) is 3.66. The Bertz CT molecular complexity index is 2350. The third kappa shape index (κ3) is 2.91. The number of rotatable bonds is 2. The molecule has 0 bridgehead atoms. The molecule has 0 radical (unpaired) electrons. The number of hydrogen-bond acceptors (Lipinski definition) is 2. The summed E-state index contributed by atoms with van der Waals surface area (Å²) in [6.45, 7) is 0. The second kappa shape index (κ2) is 7.83. The summed E-state index contributed by atoms with van der Waals surface area (Å²) in [4.78, 5) is 0. The smallest absolute Gasteiger partial charge is 0.143 e. The number of furan rings is 1. The zero-order valence-electron chi connectivity index (χ0n) is 20.9. The van der Waals surface area contributed by atoms with E-state index < -0.39 is 0 Å². The topological polar surface area (TPSA) is 18.1 Å². The molecular formula is C36H21NOS. The van der Waals surface area contributed by atoms with Gasteiger partial charge in [-0.1, -0.05) is 91.0 Å². The highest BCUT2D eigenvalue weighted by atomic mass is 32.1. The van der Waals surface area contributed by atoms with Gasteiger partial charge in [0.05, 0.1) is 11.0 Å². The summed E-state index contributed by atoms with van der Waals surface area (Å²) >= 11 is 1.86. The molecule has 0 fully saturated rings. The van der Waals surface area contributed by atoms with Crippen LogP contribution in [0.15, 0.2) is 132 Å². The van der Waals surface area contributed by atoms with Crippen molar-refractivity contribution in [2.24, 2.45) is 0 Å². The summed E-state index contributed by atoms with van der Waals surface area (Å²) in [5.41, 5.74) is 7.71. The van der Waals surface area contributed by atoms with E-state index in [-0.39, 0.29) is 0 Å². The van der Waals surface area contributed by atoms with Crippen LogP contribution in [-0.4, -0.2) is 4.57 Å². The van der Waals surface area contributed by atoms with Gasteiger partial charge in [0.2, 0.25) is 0 Å². The summed E-state index contributed by atoms with van der Waals surface area (Å²) in [5.74, 6) is 0. The molecule has 0 N–H and O–H groups in total. The number of thiophene rings is 1. The molecule has 3 heterocycles. The summed E-state index contributed by atoms with van der Waals surface area (Å²) in [7, 11) is 0. The van der Waals surface area contributed by atoms with Gasteiger partial charge < -0.3 is 8.98 Å². The lowest BCUT2D eigenvalue weighted by atomic mass is 10.0. The third-order valence-corrected chi connectivity index (χ3v) is 9.24. The number of benzene rings is 6. The number of hydrogen-bond donors (Lipinski definition) is 0. The lowest BCUT2D eigenvalue weighted by Crippen LogP contribution is -1.93. The molecule has 0 aliphatic carbocycles. The minimum Gasteiger partial charge on any atom is -0.455 e. The maximum atomic E-state index is 6.72. The first kappa shape index (κ1) is 21.1. The molecule has 9 rings (SSSR count). The van der Waals surface area contributed by atoms with Gasteiger partial charge >= 0.3 is 0 Å². The van der Waals surface area contributed by atoms with Crippen LogP contribution in [-0.2, 0) is 0 Å². The highest BCUT2D eigenvalue weighted by Gasteiger charge is 2.18. The van der Waals surface area contributed by atoms with Crippen LogP contribution >= 0.6 is 11.3 Å². The van der Waals surface area contributed by atoms with Crippen LogP contribution in [0.25, 0.3) is 80.7 Å². The Balaban J connectivity index is 1.30. The molecule has 182 valence electrons. The number of para-hydroxylation sites is 3. The first-order valence-electron chi connectivity index (χ1n) is 13.2. The van der Waals surface area contributed by atoms with Crippen molar-refractivity contribution >= 4 is 75.3 Å². The fraction of sp³-hybridized carbons (Fsp3) is 0. The fourth-order valence-corrected chi connectivity index (χ4v) is 7.53. The van der Waals surface area contributed by atoms with Crippen molar-refractivity contribution in [2.75, 3.05) is 0 Å². The van der Waals surface area contributed by atoms with E-state index in [1.54, 1.807) is 0 Å². The predicted octanol–water partition coefficient (Wildman–Crippen LogP) is 10.7. The van der Waals surface area contributed by atoms with Crippen molar-refractivity contribution in [3.05, 3.63) is 127 Å².